The van der Waals surface area contributed by atoms with Crippen LogP contribution in [0.5, 0.6) is 0 Å². The topological polar surface area (TPSA) is 73.8 Å². The van der Waals surface area contributed by atoms with E-state index < -0.39 is 0 Å². The molecule has 2 heterocycles. The van der Waals surface area contributed by atoms with Gasteiger partial charge in [0.2, 0.25) is 0 Å². The number of carbonyl (C=O) groups is 1. The monoisotopic (exact) mass is 296 g/mol. The molecule has 0 amide bonds. The van der Waals surface area contributed by atoms with E-state index in [4.69, 9.17) is 4.52 Å². The smallest absolute Gasteiger partial charge is 0.192 e. The first-order valence-corrected chi connectivity index (χ1v) is 6.99. The van der Waals surface area contributed by atoms with Crippen molar-refractivity contribution >= 4 is 5.78 Å². The molecule has 0 unspecified atom stereocenters. The van der Waals surface area contributed by atoms with E-state index in [0.29, 0.717) is 17.1 Å². The van der Waals surface area contributed by atoms with Crippen molar-refractivity contribution in [1.29, 1.82) is 0 Å². The first-order valence-electron chi connectivity index (χ1n) is 6.99. The average molecular weight is 296 g/mol. The van der Waals surface area contributed by atoms with E-state index in [1.807, 2.05) is 45.0 Å². The van der Waals surface area contributed by atoms with E-state index >= 15 is 0 Å². The normalized spacial score (nSPS) is 10.9. The Morgan fingerprint density at radius 2 is 1.91 bits per heavy atom. The Kier molecular flexibility index (Phi) is 3.58. The van der Waals surface area contributed by atoms with Crippen molar-refractivity contribution in [1.82, 2.24) is 20.2 Å². The van der Waals surface area contributed by atoms with Crippen molar-refractivity contribution in [2.24, 2.45) is 0 Å². The molecule has 3 rings (SSSR count). The molecule has 0 spiro atoms. The zero-order chi connectivity index (χ0) is 15.7. The minimum atomic E-state index is -0.132. The molecule has 6 heteroatoms. The van der Waals surface area contributed by atoms with E-state index in [2.05, 4.69) is 15.5 Å². The molecule has 0 saturated heterocycles. The molecule has 22 heavy (non-hydrogen) atoms. The lowest BCUT2D eigenvalue weighted by atomic mass is 10.1. The van der Waals surface area contributed by atoms with Crippen molar-refractivity contribution in [3.05, 3.63) is 58.7 Å². The molecule has 0 aliphatic carbocycles. The van der Waals surface area contributed by atoms with Gasteiger partial charge in [0.25, 0.3) is 0 Å². The van der Waals surface area contributed by atoms with Gasteiger partial charge in [-0.3, -0.25) is 4.79 Å². The van der Waals surface area contributed by atoms with Crippen molar-refractivity contribution in [2.45, 2.75) is 27.2 Å². The first kappa shape index (κ1) is 14.2. The summed E-state index contributed by atoms with van der Waals surface area (Å²) in [4.78, 5) is 12.3. The number of hydrogen-bond acceptors (Lipinski definition) is 5. The van der Waals surface area contributed by atoms with Gasteiger partial charge in [-0.05, 0) is 32.9 Å². The van der Waals surface area contributed by atoms with E-state index in [1.165, 1.54) is 5.56 Å². The standard InChI is InChI=1S/C16H16N4O2/c1-10-4-6-13(7-5-10)20-12(3)16(17-19-20)15(21)9-14-8-11(2)18-22-14/h4-8H,9H2,1-3H3. The third kappa shape index (κ3) is 2.67. The third-order valence-electron chi connectivity index (χ3n) is 3.45. The Bertz CT molecular complexity index is 815. The Morgan fingerprint density at radius 3 is 2.55 bits per heavy atom. The van der Waals surface area contributed by atoms with Crippen molar-refractivity contribution in [3.8, 4) is 5.69 Å². The second kappa shape index (κ2) is 5.55. The van der Waals surface area contributed by atoms with Crippen LogP contribution < -0.4 is 0 Å². The van der Waals surface area contributed by atoms with Gasteiger partial charge in [-0.15, -0.1) is 5.10 Å². The maximum atomic E-state index is 12.3. The van der Waals surface area contributed by atoms with Gasteiger partial charge in [0.1, 0.15) is 5.76 Å². The number of rotatable bonds is 4. The molecule has 0 atom stereocenters. The lowest BCUT2D eigenvalue weighted by molar-refractivity contribution is 0.0979. The number of Topliss-reactive ketones (excluding diaryl/α,β-unsaturated/α-hetero) is 1. The molecule has 3 aromatic rings. The van der Waals surface area contributed by atoms with Gasteiger partial charge in [0.05, 0.1) is 23.5 Å². The van der Waals surface area contributed by atoms with Crippen LogP contribution in [0.25, 0.3) is 5.69 Å². The van der Waals surface area contributed by atoms with E-state index in [1.54, 1.807) is 10.7 Å². The molecular formula is C16H16N4O2. The number of aromatic nitrogens is 4. The van der Waals surface area contributed by atoms with Crippen molar-refractivity contribution in [2.75, 3.05) is 0 Å². The molecule has 2 aromatic heterocycles. The predicted octanol–water partition coefficient (Wildman–Crippen LogP) is 2.61. The van der Waals surface area contributed by atoms with E-state index in [9.17, 15) is 4.79 Å². The molecule has 0 fully saturated rings. The highest BCUT2D eigenvalue weighted by Crippen LogP contribution is 2.15. The molecule has 0 bridgehead atoms. The summed E-state index contributed by atoms with van der Waals surface area (Å²) < 4.78 is 6.74. The zero-order valence-corrected chi connectivity index (χ0v) is 12.7. The summed E-state index contributed by atoms with van der Waals surface area (Å²) in [5.74, 6) is 0.402. The minimum absolute atomic E-state index is 0.132. The molecule has 0 saturated carbocycles. The Balaban J connectivity index is 1.86. The van der Waals surface area contributed by atoms with Crippen LogP contribution in [-0.2, 0) is 6.42 Å². The number of hydrogen-bond donors (Lipinski definition) is 0. The number of benzene rings is 1. The highest BCUT2D eigenvalue weighted by Gasteiger charge is 2.19. The number of carbonyl (C=O) groups excluding carboxylic acids is 1. The minimum Gasteiger partial charge on any atom is -0.361 e. The molecular weight excluding hydrogens is 280 g/mol. The zero-order valence-electron chi connectivity index (χ0n) is 12.7. The second-order valence-electron chi connectivity index (χ2n) is 5.31. The van der Waals surface area contributed by atoms with E-state index in [-0.39, 0.29) is 12.2 Å². The fraction of sp³-hybridized carbons (Fsp3) is 0.250. The number of ketones is 1. The molecule has 0 radical (unpaired) electrons. The SMILES string of the molecule is Cc1ccc(-n2nnc(C(=O)Cc3cc(C)no3)c2C)cc1. The van der Waals surface area contributed by atoms with Gasteiger partial charge in [-0.2, -0.15) is 0 Å². The average Bonchev–Trinajstić information content (AvgIpc) is 3.06. The fourth-order valence-corrected chi connectivity index (χ4v) is 2.26. The number of nitrogens with zero attached hydrogens (tertiary/aromatic N) is 4. The number of aryl methyl sites for hydroxylation is 2. The van der Waals surface area contributed by atoms with Gasteiger partial charge in [-0.1, -0.05) is 28.1 Å². The maximum absolute atomic E-state index is 12.3. The quantitative estimate of drug-likeness (QED) is 0.692. The summed E-state index contributed by atoms with van der Waals surface area (Å²) >= 11 is 0. The van der Waals surface area contributed by atoms with Crippen LogP contribution >= 0.6 is 0 Å². The molecule has 6 nitrogen and oxygen atoms in total. The molecule has 1 aromatic carbocycles. The van der Waals surface area contributed by atoms with Gasteiger partial charge in [-0.25, -0.2) is 4.68 Å². The van der Waals surface area contributed by atoms with Gasteiger partial charge in [0, 0.05) is 6.07 Å². The molecule has 0 aliphatic heterocycles. The lowest BCUT2D eigenvalue weighted by Gasteiger charge is -2.03. The van der Waals surface area contributed by atoms with Crippen LogP contribution in [0.4, 0.5) is 0 Å². The van der Waals surface area contributed by atoms with Crippen LogP contribution in [0.3, 0.4) is 0 Å². The molecule has 0 aliphatic rings. The Hall–Kier alpha value is -2.76. The van der Waals surface area contributed by atoms with E-state index in [0.717, 1.165) is 11.4 Å². The lowest BCUT2D eigenvalue weighted by Crippen LogP contribution is -2.06. The van der Waals surface area contributed by atoms with Crippen LogP contribution in [0.15, 0.2) is 34.9 Å². The summed E-state index contributed by atoms with van der Waals surface area (Å²) in [5, 5.41) is 11.9. The summed E-state index contributed by atoms with van der Waals surface area (Å²) in [6.07, 6.45) is 0.133. The van der Waals surface area contributed by atoms with Crippen molar-refractivity contribution in [3.63, 3.8) is 0 Å². The largest absolute Gasteiger partial charge is 0.361 e. The van der Waals surface area contributed by atoms with Gasteiger partial charge < -0.3 is 4.52 Å². The fourth-order valence-electron chi connectivity index (χ4n) is 2.26. The Morgan fingerprint density at radius 1 is 1.18 bits per heavy atom. The first-order chi connectivity index (χ1) is 10.5. The van der Waals surface area contributed by atoms with Crippen LogP contribution in [0, 0.1) is 20.8 Å². The van der Waals surface area contributed by atoms with Crippen molar-refractivity contribution < 1.29 is 9.32 Å². The van der Waals surface area contributed by atoms with Crippen LogP contribution in [-0.4, -0.2) is 25.9 Å². The summed E-state index contributed by atoms with van der Waals surface area (Å²) in [6, 6.07) is 9.64. The Labute approximate surface area is 127 Å². The van der Waals surface area contributed by atoms with Crippen LogP contribution in [0.2, 0.25) is 0 Å². The second-order valence-corrected chi connectivity index (χ2v) is 5.31. The molecule has 112 valence electrons. The third-order valence-corrected chi connectivity index (χ3v) is 3.45. The summed E-state index contributed by atoms with van der Waals surface area (Å²) in [5.41, 5.74) is 3.87. The van der Waals surface area contributed by atoms with Crippen LogP contribution in [0.1, 0.15) is 33.2 Å². The highest BCUT2D eigenvalue weighted by molar-refractivity contribution is 5.96. The summed E-state index contributed by atoms with van der Waals surface area (Å²) in [7, 11) is 0. The highest BCUT2D eigenvalue weighted by atomic mass is 16.5. The summed E-state index contributed by atoms with van der Waals surface area (Å²) in [6.45, 7) is 5.67. The molecule has 0 N–H and O–H groups in total. The van der Waals surface area contributed by atoms with Gasteiger partial charge in [0.15, 0.2) is 11.5 Å². The predicted molar refractivity (Wildman–Crippen MR) is 80.1 cm³/mol. The maximum Gasteiger partial charge on any atom is 0.192 e. The van der Waals surface area contributed by atoms with Gasteiger partial charge >= 0.3 is 0 Å².